The van der Waals surface area contributed by atoms with Gasteiger partial charge in [-0.3, -0.25) is 9.59 Å². The number of hydrogen-bond acceptors (Lipinski definition) is 3. The van der Waals surface area contributed by atoms with E-state index in [0.29, 0.717) is 28.7 Å². The number of carbonyl (C=O) groups is 2. The van der Waals surface area contributed by atoms with Crippen LogP contribution in [-0.2, 0) is 17.9 Å². The lowest BCUT2D eigenvalue weighted by Gasteiger charge is -2.30. The molecule has 0 saturated carbocycles. The second-order valence-corrected chi connectivity index (χ2v) is 9.82. The van der Waals surface area contributed by atoms with Crippen LogP contribution in [-0.4, -0.2) is 34.2 Å². The number of amides is 2. The van der Waals surface area contributed by atoms with Crippen LogP contribution < -0.4 is 0 Å². The Hall–Kier alpha value is -2.34. The highest BCUT2D eigenvalue weighted by Crippen LogP contribution is 2.22. The van der Waals surface area contributed by atoms with Crippen LogP contribution in [0.15, 0.2) is 60.0 Å². The van der Waals surface area contributed by atoms with Gasteiger partial charge in [0.2, 0.25) is 5.91 Å². The van der Waals surface area contributed by atoms with E-state index in [4.69, 9.17) is 23.2 Å². The van der Waals surface area contributed by atoms with Crippen LogP contribution in [0.2, 0.25) is 10.0 Å². The van der Waals surface area contributed by atoms with Gasteiger partial charge in [-0.25, -0.2) is 0 Å². The molecule has 7 heteroatoms. The average molecular weight is 489 g/mol. The summed E-state index contributed by atoms with van der Waals surface area (Å²) in [6, 6.07) is 16.5. The van der Waals surface area contributed by atoms with E-state index in [0.717, 1.165) is 16.0 Å². The van der Waals surface area contributed by atoms with Crippen molar-refractivity contribution in [2.45, 2.75) is 39.9 Å². The molecule has 32 heavy (non-hydrogen) atoms. The van der Waals surface area contributed by atoms with Crippen molar-refractivity contribution >= 4 is 46.4 Å². The summed E-state index contributed by atoms with van der Waals surface area (Å²) in [6.45, 7) is 6.77. The molecule has 2 amide bonds. The lowest BCUT2D eigenvalue weighted by atomic mass is 10.1. The molecule has 3 aromatic rings. The summed E-state index contributed by atoms with van der Waals surface area (Å²) in [5, 5.41) is 2.80. The molecule has 0 saturated heterocycles. The van der Waals surface area contributed by atoms with Gasteiger partial charge in [0.05, 0.1) is 6.54 Å². The van der Waals surface area contributed by atoms with Gasteiger partial charge in [-0.05, 0) is 61.5 Å². The van der Waals surface area contributed by atoms with Gasteiger partial charge in [-0.1, -0.05) is 53.5 Å². The molecule has 0 radical (unpaired) electrons. The minimum Gasteiger partial charge on any atom is -0.332 e. The Labute approximate surface area is 203 Å². The smallest absolute Gasteiger partial charge is 0.254 e. The van der Waals surface area contributed by atoms with Crippen LogP contribution in [0.5, 0.6) is 0 Å². The maximum absolute atomic E-state index is 13.5. The fourth-order valence-electron chi connectivity index (χ4n) is 3.35. The first-order valence-corrected chi connectivity index (χ1v) is 12.0. The van der Waals surface area contributed by atoms with Gasteiger partial charge in [-0.2, -0.15) is 0 Å². The van der Waals surface area contributed by atoms with Gasteiger partial charge in [0.25, 0.3) is 5.91 Å². The van der Waals surface area contributed by atoms with E-state index < -0.39 is 0 Å². The SMILES string of the molecule is Cc1ccsc1CN(Cc1ccccc1)C(=O)CN(C(=O)c1cc(Cl)cc(Cl)c1)C(C)C. The summed E-state index contributed by atoms with van der Waals surface area (Å²) in [6.07, 6.45) is 0. The third-order valence-electron chi connectivity index (χ3n) is 5.17. The van der Waals surface area contributed by atoms with Crippen molar-refractivity contribution in [2.24, 2.45) is 0 Å². The zero-order chi connectivity index (χ0) is 23.3. The van der Waals surface area contributed by atoms with Crippen molar-refractivity contribution in [1.29, 1.82) is 0 Å². The van der Waals surface area contributed by atoms with Crippen LogP contribution >= 0.6 is 34.5 Å². The number of halogens is 2. The van der Waals surface area contributed by atoms with Gasteiger partial charge in [0.1, 0.15) is 6.54 Å². The number of benzene rings is 2. The molecule has 0 aliphatic carbocycles. The Morgan fingerprint density at radius 1 is 0.969 bits per heavy atom. The fraction of sp³-hybridized carbons (Fsp3) is 0.280. The normalized spacial score (nSPS) is 10.9. The first kappa shape index (κ1) is 24.3. The van der Waals surface area contributed by atoms with Crippen molar-refractivity contribution in [3.05, 3.63) is 91.6 Å². The number of nitrogens with zero attached hydrogens (tertiary/aromatic N) is 2. The Kier molecular flexibility index (Phi) is 8.35. The second kappa shape index (κ2) is 11.0. The molecule has 1 aromatic heterocycles. The summed E-state index contributed by atoms with van der Waals surface area (Å²) in [7, 11) is 0. The van der Waals surface area contributed by atoms with E-state index in [1.165, 1.54) is 0 Å². The summed E-state index contributed by atoms with van der Waals surface area (Å²) < 4.78 is 0. The highest BCUT2D eigenvalue weighted by atomic mass is 35.5. The van der Waals surface area contributed by atoms with Gasteiger partial charge < -0.3 is 9.80 Å². The molecule has 4 nitrogen and oxygen atoms in total. The molecule has 1 heterocycles. The van der Waals surface area contributed by atoms with Crippen LogP contribution in [0.1, 0.15) is 40.2 Å². The van der Waals surface area contributed by atoms with Gasteiger partial charge in [0, 0.05) is 33.1 Å². The van der Waals surface area contributed by atoms with Crippen molar-refractivity contribution in [1.82, 2.24) is 9.80 Å². The van der Waals surface area contributed by atoms with Crippen LogP contribution in [0, 0.1) is 6.92 Å². The van der Waals surface area contributed by atoms with E-state index in [-0.39, 0.29) is 24.4 Å². The lowest BCUT2D eigenvalue weighted by molar-refractivity contribution is -0.133. The molecule has 168 valence electrons. The van der Waals surface area contributed by atoms with Crippen molar-refractivity contribution < 1.29 is 9.59 Å². The summed E-state index contributed by atoms with van der Waals surface area (Å²) in [5.41, 5.74) is 2.57. The molecule has 0 bridgehead atoms. The largest absolute Gasteiger partial charge is 0.332 e. The fourth-order valence-corrected chi connectivity index (χ4v) is 4.80. The first-order valence-electron chi connectivity index (χ1n) is 10.4. The summed E-state index contributed by atoms with van der Waals surface area (Å²) >= 11 is 13.8. The Morgan fingerprint density at radius 3 is 2.19 bits per heavy atom. The summed E-state index contributed by atoms with van der Waals surface area (Å²) in [5.74, 6) is -0.387. The molecular weight excluding hydrogens is 463 g/mol. The van der Waals surface area contributed by atoms with Gasteiger partial charge in [0.15, 0.2) is 0 Å². The molecule has 2 aromatic carbocycles. The Balaban J connectivity index is 1.84. The number of hydrogen-bond donors (Lipinski definition) is 0. The Morgan fingerprint density at radius 2 is 1.62 bits per heavy atom. The second-order valence-electron chi connectivity index (χ2n) is 7.95. The van der Waals surface area contributed by atoms with E-state index in [9.17, 15) is 9.59 Å². The molecule has 0 N–H and O–H groups in total. The number of rotatable bonds is 8. The standard InChI is InChI=1S/C25H26Cl2N2O2S/c1-17(2)29(25(31)20-11-21(26)13-22(27)12-20)16-24(30)28(14-19-7-5-4-6-8-19)15-23-18(3)9-10-32-23/h4-13,17H,14-16H2,1-3H3. The number of thiophene rings is 1. The maximum Gasteiger partial charge on any atom is 0.254 e. The molecule has 0 aliphatic heterocycles. The average Bonchev–Trinajstić information content (AvgIpc) is 3.15. The highest BCUT2D eigenvalue weighted by molar-refractivity contribution is 7.10. The van der Waals surface area contributed by atoms with E-state index in [1.54, 1.807) is 34.4 Å². The first-order chi connectivity index (χ1) is 15.2. The van der Waals surface area contributed by atoms with Crippen molar-refractivity contribution in [2.75, 3.05) is 6.54 Å². The predicted octanol–water partition coefficient (Wildman–Crippen LogP) is 6.44. The molecule has 0 unspecified atom stereocenters. The topological polar surface area (TPSA) is 40.6 Å². The molecule has 0 spiro atoms. The third-order valence-corrected chi connectivity index (χ3v) is 6.62. The van der Waals surface area contributed by atoms with Crippen LogP contribution in [0.25, 0.3) is 0 Å². The predicted molar refractivity (Wildman–Crippen MR) is 132 cm³/mol. The van der Waals surface area contributed by atoms with Crippen LogP contribution in [0.3, 0.4) is 0 Å². The number of carbonyl (C=O) groups excluding carboxylic acids is 2. The summed E-state index contributed by atoms with van der Waals surface area (Å²) in [4.78, 5) is 31.2. The lowest BCUT2D eigenvalue weighted by Crippen LogP contribution is -2.45. The number of aryl methyl sites for hydroxylation is 1. The minimum atomic E-state index is -0.273. The Bertz CT molecular complexity index is 1060. The quantitative estimate of drug-likeness (QED) is 0.365. The zero-order valence-electron chi connectivity index (χ0n) is 18.3. The third kappa shape index (κ3) is 6.35. The monoisotopic (exact) mass is 488 g/mol. The van der Waals surface area contributed by atoms with Crippen LogP contribution in [0.4, 0.5) is 0 Å². The molecule has 0 aliphatic rings. The van der Waals surface area contributed by atoms with Gasteiger partial charge >= 0.3 is 0 Å². The van der Waals surface area contributed by atoms with Crippen molar-refractivity contribution in [3.8, 4) is 0 Å². The van der Waals surface area contributed by atoms with Gasteiger partial charge in [-0.15, -0.1) is 11.3 Å². The molecule has 3 rings (SSSR count). The molecule has 0 atom stereocenters. The van der Waals surface area contributed by atoms with E-state index in [1.807, 2.05) is 61.4 Å². The van der Waals surface area contributed by atoms with E-state index in [2.05, 4.69) is 6.07 Å². The van der Waals surface area contributed by atoms with Crippen molar-refractivity contribution in [3.63, 3.8) is 0 Å². The maximum atomic E-state index is 13.5. The highest BCUT2D eigenvalue weighted by Gasteiger charge is 2.25. The molecule has 0 fully saturated rings. The molecular formula is C25H26Cl2N2O2S. The minimum absolute atomic E-state index is 0.0299. The zero-order valence-corrected chi connectivity index (χ0v) is 20.7. The van der Waals surface area contributed by atoms with E-state index >= 15 is 0 Å².